The fraction of sp³-hybridized carbons (Fsp3) is 0.667. The van der Waals surface area contributed by atoms with Gasteiger partial charge >= 0.3 is 24.3 Å². The third kappa shape index (κ3) is 9.83. The molecule has 0 saturated carbocycles. The zero-order valence-corrected chi connectivity index (χ0v) is 19.3. The number of anilines is 1. The summed E-state index contributed by atoms with van der Waals surface area (Å²) in [6.45, 7) is 4.44. The highest BCUT2D eigenvalue weighted by Gasteiger charge is 2.39. The summed E-state index contributed by atoms with van der Waals surface area (Å²) in [6.07, 6.45) is -4.91. The quantitative estimate of drug-likeness (QED) is 0.476. The zero-order valence-electron chi connectivity index (χ0n) is 18.5. The number of nitrogens with one attached hydrogen (secondary N) is 1. The fourth-order valence-electron chi connectivity index (χ4n) is 3.20. The number of carboxylic acids is 2. The maximum atomic E-state index is 11.6. The number of sulfone groups is 1. The van der Waals surface area contributed by atoms with E-state index in [1.165, 1.54) is 11.8 Å². The Balaban J connectivity index is 0.000000362. The summed E-state index contributed by atoms with van der Waals surface area (Å²) in [7, 11) is -2.93. The van der Waals surface area contributed by atoms with Gasteiger partial charge in [0, 0.05) is 43.9 Å². The highest BCUT2D eigenvalue weighted by atomic mass is 32.2. The lowest BCUT2D eigenvalue weighted by molar-refractivity contribution is -0.193. The van der Waals surface area contributed by atoms with Crippen LogP contribution in [0.25, 0.3) is 0 Å². The Hall–Kier alpha value is -2.69. The van der Waals surface area contributed by atoms with Gasteiger partial charge in [0.05, 0.1) is 10.9 Å². The van der Waals surface area contributed by atoms with Crippen molar-refractivity contribution in [3.63, 3.8) is 0 Å². The van der Waals surface area contributed by atoms with Crippen molar-refractivity contribution < 1.29 is 54.6 Å². The first-order valence-electron chi connectivity index (χ1n) is 9.94. The molecule has 3 heterocycles. The van der Waals surface area contributed by atoms with Crippen molar-refractivity contribution in [3.8, 4) is 0 Å². The van der Waals surface area contributed by atoms with Crippen LogP contribution in [0.15, 0.2) is 6.33 Å². The van der Waals surface area contributed by atoms with Gasteiger partial charge in [0.1, 0.15) is 22.0 Å². The normalized spacial score (nSPS) is 18.9. The number of carboxylic acid groups (broad SMARTS) is 2. The molecule has 0 unspecified atom stereocenters. The van der Waals surface area contributed by atoms with Gasteiger partial charge in [0.25, 0.3) is 0 Å². The van der Waals surface area contributed by atoms with E-state index in [1.54, 1.807) is 6.33 Å². The Morgan fingerprint density at radius 3 is 1.89 bits per heavy atom. The Labute approximate surface area is 196 Å². The van der Waals surface area contributed by atoms with Gasteiger partial charge in [0.15, 0.2) is 0 Å². The van der Waals surface area contributed by atoms with E-state index in [4.69, 9.17) is 19.8 Å². The Bertz CT molecular complexity index is 970. The summed E-state index contributed by atoms with van der Waals surface area (Å²) in [4.78, 5) is 28.9. The van der Waals surface area contributed by atoms with Crippen LogP contribution in [0.5, 0.6) is 0 Å². The molecule has 0 bridgehead atoms. The highest BCUT2D eigenvalue weighted by Crippen LogP contribution is 2.27. The molecule has 1 aromatic heterocycles. The minimum absolute atomic E-state index is 0.204. The molecule has 3 rings (SSSR count). The molecule has 2 aliphatic heterocycles. The van der Waals surface area contributed by atoms with Gasteiger partial charge in [-0.1, -0.05) is 0 Å². The first kappa shape index (κ1) is 30.3. The SMILES string of the molecule is C[C@@H]1Cc2ncnc(N3CCC(S(C)(=O)=O)CC3)c2CN1.O=C(O)C(F)(F)F.O=C(O)C(F)(F)F. The summed E-state index contributed by atoms with van der Waals surface area (Å²) in [6, 6.07) is 0.441. The van der Waals surface area contributed by atoms with Crippen LogP contribution in [0, 0.1) is 0 Å². The van der Waals surface area contributed by atoms with Crippen LogP contribution in [0.4, 0.5) is 32.2 Å². The van der Waals surface area contributed by atoms with Crippen LogP contribution in [0.3, 0.4) is 0 Å². The number of hydrogen-bond donors (Lipinski definition) is 3. The number of piperidine rings is 1. The van der Waals surface area contributed by atoms with Gasteiger partial charge in [-0.3, -0.25) is 0 Å². The number of hydrogen-bond acceptors (Lipinski definition) is 8. The number of fused-ring (bicyclic) bond motifs is 1. The first-order valence-corrected chi connectivity index (χ1v) is 11.9. The van der Waals surface area contributed by atoms with Gasteiger partial charge < -0.3 is 20.4 Å². The van der Waals surface area contributed by atoms with Crippen molar-refractivity contribution >= 4 is 27.6 Å². The minimum Gasteiger partial charge on any atom is -0.475 e. The molecule has 1 aromatic rings. The molecule has 1 saturated heterocycles. The molecule has 3 N–H and O–H groups in total. The second kappa shape index (κ2) is 11.8. The summed E-state index contributed by atoms with van der Waals surface area (Å²) in [5, 5.41) is 17.5. The molecule has 0 amide bonds. The second-order valence-electron chi connectivity index (χ2n) is 7.73. The van der Waals surface area contributed by atoms with Crippen LogP contribution < -0.4 is 10.2 Å². The molecule has 0 aliphatic carbocycles. The number of rotatable bonds is 2. The molecular formula is C18H24F6N4O6S. The molecule has 2 aliphatic rings. The van der Waals surface area contributed by atoms with Gasteiger partial charge in [-0.2, -0.15) is 26.3 Å². The van der Waals surface area contributed by atoms with Crippen molar-refractivity contribution in [2.45, 2.75) is 56.4 Å². The number of nitrogens with zero attached hydrogens (tertiary/aromatic N) is 3. The average Bonchev–Trinajstić information content (AvgIpc) is 2.72. The number of aliphatic carboxylic acids is 2. The van der Waals surface area contributed by atoms with Gasteiger partial charge in [0.2, 0.25) is 0 Å². The Kier molecular flexibility index (Phi) is 10.3. The predicted octanol–water partition coefficient (Wildman–Crippen LogP) is 1.79. The monoisotopic (exact) mass is 538 g/mol. The van der Waals surface area contributed by atoms with Gasteiger partial charge in [-0.25, -0.2) is 28.0 Å². The lowest BCUT2D eigenvalue weighted by atomic mass is 10.0. The molecule has 0 radical (unpaired) electrons. The fourth-order valence-corrected chi connectivity index (χ4v) is 4.27. The topological polar surface area (TPSA) is 150 Å². The summed E-state index contributed by atoms with van der Waals surface area (Å²) in [5.41, 5.74) is 2.30. The molecule has 0 aromatic carbocycles. The smallest absolute Gasteiger partial charge is 0.475 e. The van der Waals surface area contributed by atoms with E-state index >= 15 is 0 Å². The predicted molar refractivity (Wildman–Crippen MR) is 109 cm³/mol. The summed E-state index contributed by atoms with van der Waals surface area (Å²) >= 11 is 0. The number of halogens is 6. The largest absolute Gasteiger partial charge is 0.490 e. The number of carbonyl (C=O) groups is 2. The van der Waals surface area contributed by atoms with Gasteiger partial charge in [-0.15, -0.1) is 0 Å². The van der Waals surface area contributed by atoms with Crippen LogP contribution in [0.1, 0.15) is 31.0 Å². The van der Waals surface area contributed by atoms with Crippen molar-refractivity contribution in [3.05, 3.63) is 17.6 Å². The summed E-state index contributed by atoms with van der Waals surface area (Å²) in [5.74, 6) is -4.54. The maximum absolute atomic E-state index is 11.6. The zero-order chi connectivity index (χ0) is 27.2. The van der Waals surface area contributed by atoms with Crippen molar-refractivity contribution in [2.75, 3.05) is 24.2 Å². The van der Waals surface area contributed by atoms with Gasteiger partial charge in [-0.05, 0) is 19.8 Å². The van der Waals surface area contributed by atoms with Crippen LogP contribution in [0.2, 0.25) is 0 Å². The van der Waals surface area contributed by atoms with E-state index in [0.29, 0.717) is 18.9 Å². The van der Waals surface area contributed by atoms with E-state index in [9.17, 15) is 34.8 Å². The van der Waals surface area contributed by atoms with Crippen LogP contribution in [-0.2, 0) is 32.4 Å². The molecule has 35 heavy (non-hydrogen) atoms. The van der Waals surface area contributed by atoms with E-state index in [2.05, 4.69) is 27.1 Å². The summed E-state index contributed by atoms with van der Waals surface area (Å²) < 4.78 is 86.8. The van der Waals surface area contributed by atoms with E-state index in [1.807, 2.05) is 0 Å². The maximum Gasteiger partial charge on any atom is 0.490 e. The van der Waals surface area contributed by atoms with Crippen molar-refractivity contribution in [1.82, 2.24) is 15.3 Å². The van der Waals surface area contributed by atoms with Crippen LogP contribution in [-0.4, -0.2) is 83.5 Å². The molecular weight excluding hydrogens is 514 g/mol. The lowest BCUT2D eigenvalue weighted by Gasteiger charge is -2.34. The minimum atomic E-state index is -5.08. The third-order valence-electron chi connectivity index (χ3n) is 4.97. The Morgan fingerprint density at radius 2 is 1.49 bits per heavy atom. The van der Waals surface area contributed by atoms with E-state index in [-0.39, 0.29) is 5.25 Å². The second-order valence-corrected chi connectivity index (χ2v) is 10.1. The van der Waals surface area contributed by atoms with Crippen molar-refractivity contribution in [1.29, 1.82) is 0 Å². The Morgan fingerprint density at radius 1 is 1.03 bits per heavy atom. The molecule has 1 atom stereocenters. The number of alkyl halides is 6. The number of aromatic nitrogens is 2. The standard InChI is InChI=1S/C14H22N4O2S.2C2HF3O2/c1-10-7-13-12(8-15-10)14(17-9-16-13)18-5-3-11(4-6-18)21(2,19)20;2*3-2(4,5)1(6)7/h9-11,15H,3-8H2,1-2H3;2*(H,6,7)/t10-;;/m1../s1. The van der Waals surface area contributed by atoms with Crippen LogP contribution >= 0.6 is 0 Å². The molecule has 17 heteroatoms. The highest BCUT2D eigenvalue weighted by molar-refractivity contribution is 7.91. The molecule has 10 nitrogen and oxygen atoms in total. The molecule has 0 spiro atoms. The first-order chi connectivity index (χ1) is 15.8. The molecule has 200 valence electrons. The average molecular weight is 538 g/mol. The third-order valence-corrected chi connectivity index (χ3v) is 6.65. The van der Waals surface area contributed by atoms with E-state index < -0.39 is 34.1 Å². The van der Waals surface area contributed by atoms with Crippen molar-refractivity contribution in [2.24, 2.45) is 0 Å². The lowest BCUT2D eigenvalue weighted by Crippen LogP contribution is -2.41. The molecule has 1 fully saturated rings. The van der Waals surface area contributed by atoms with E-state index in [0.717, 1.165) is 37.6 Å².